The summed E-state index contributed by atoms with van der Waals surface area (Å²) in [5.41, 5.74) is 1.39. The number of amides is 1. The Kier molecular flexibility index (Phi) is 6.49. The number of aryl methyl sites for hydroxylation is 1. The highest BCUT2D eigenvalue weighted by Crippen LogP contribution is 2.37. The van der Waals surface area contributed by atoms with Gasteiger partial charge in [0.1, 0.15) is 5.75 Å². The highest BCUT2D eigenvalue weighted by Gasteiger charge is 2.32. The minimum atomic E-state index is -4.41. The molecule has 2 aromatic heterocycles. The number of rotatable bonds is 5. The molecule has 1 amide bonds. The SMILES string of the molecule is Cc1cc(O)cc(=O)n1CCC(=O)N1CCCC[C@@H]1c1[nH]ncc1-c1ccc(C(F)(F)F)cc1. The van der Waals surface area contributed by atoms with E-state index in [1.807, 2.05) is 0 Å². The van der Waals surface area contributed by atoms with Crippen molar-refractivity contribution in [2.75, 3.05) is 6.54 Å². The first-order valence-electron chi connectivity index (χ1n) is 11.1. The molecule has 2 N–H and O–H groups in total. The van der Waals surface area contributed by atoms with Gasteiger partial charge in [-0.3, -0.25) is 14.7 Å². The van der Waals surface area contributed by atoms with Crippen LogP contribution >= 0.6 is 0 Å². The number of likely N-dealkylation sites (tertiary alicyclic amines) is 1. The van der Waals surface area contributed by atoms with Gasteiger partial charge in [0.05, 0.1) is 23.5 Å². The van der Waals surface area contributed by atoms with Crippen LogP contribution in [0.4, 0.5) is 13.2 Å². The molecule has 0 unspecified atom stereocenters. The van der Waals surface area contributed by atoms with E-state index in [4.69, 9.17) is 0 Å². The van der Waals surface area contributed by atoms with Crippen molar-refractivity contribution < 1.29 is 23.1 Å². The molecular formula is C24H25F3N4O3. The van der Waals surface area contributed by atoms with Crippen LogP contribution in [-0.2, 0) is 17.5 Å². The van der Waals surface area contributed by atoms with Crippen molar-refractivity contribution in [3.05, 3.63) is 69.9 Å². The summed E-state index contributed by atoms with van der Waals surface area (Å²) < 4.78 is 40.3. The van der Waals surface area contributed by atoms with Crippen molar-refractivity contribution in [1.29, 1.82) is 0 Å². The highest BCUT2D eigenvalue weighted by molar-refractivity contribution is 5.77. The predicted octanol–water partition coefficient (Wildman–Crippen LogP) is 4.42. The Bertz CT molecular complexity index is 1230. The fourth-order valence-electron chi connectivity index (χ4n) is 4.50. The molecule has 1 saturated heterocycles. The van der Waals surface area contributed by atoms with Gasteiger partial charge in [0.15, 0.2) is 0 Å². The lowest BCUT2D eigenvalue weighted by Gasteiger charge is -2.36. The van der Waals surface area contributed by atoms with Crippen LogP contribution in [0.25, 0.3) is 11.1 Å². The van der Waals surface area contributed by atoms with Gasteiger partial charge in [0, 0.05) is 36.8 Å². The van der Waals surface area contributed by atoms with Crippen molar-refractivity contribution >= 4 is 5.91 Å². The number of aromatic amines is 1. The zero-order valence-corrected chi connectivity index (χ0v) is 18.6. The van der Waals surface area contributed by atoms with Crippen LogP contribution < -0.4 is 5.56 Å². The lowest BCUT2D eigenvalue weighted by atomic mass is 9.94. The number of H-pyrrole nitrogens is 1. The molecule has 0 spiro atoms. The van der Waals surface area contributed by atoms with Gasteiger partial charge in [-0.1, -0.05) is 12.1 Å². The fourth-order valence-corrected chi connectivity index (χ4v) is 4.50. The molecule has 4 rings (SSSR count). The van der Waals surface area contributed by atoms with E-state index in [0.717, 1.165) is 31.0 Å². The first-order valence-corrected chi connectivity index (χ1v) is 11.1. The van der Waals surface area contributed by atoms with Crippen LogP contribution in [0.5, 0.6) is 5.75 Å². The molecule has 10 heteroatoms. The standard InChI is InChI=1S/C24H25F3N4O3/c1-15-12-18(32)13-22(34)30(15)11-9-21(33)31-10-3-2-4-20(31)23-19(14-28-29-23)16-5-7-17(8-6-16)24(25,26)27/h5-8,12-14,20,32H,2-4,9-11H2,1H3,(H,28,29)/t20-/m1/s1. The second-order valence-corrected chi connectivity index (χ2v) is 8.47. The van der Waals surface area contributed by atoms with Crippen molar-refractivity contribution in [3.63, 3.8) is 0 Å². The number of nitrogens with zero attached hydrogens (tertiary/aromatic N) is 3. The number of benzene rings is 1. The van der Waals surface area contributed by atoms with Crippen LogP contribution in [0.15, 0.2) is 47.4 Å². The van der Waals surface area contributed by atoms with E-state index in [-0.39, 0.29) is 36.2 Å². The molecule has 0 radical (unpaired) electrons. The second-order valence-electron chi connectivity index (χ2n) is 8.47. The lowest BCUT2D eigenvalue weighted by Crippen LogP contribution is -2.39. The van der Waals surface area contributed by atoms with E-state index in [2.05, 4.69) is 10.2 Å². The summed E-state index contributed by atoms with van der Waals surface area (Å²) in [6.07, 6.45) is -0.317. The van der Waals surface area contributed by atoms with Gasteiger partial charge in [0.2, 0.25) is 5.91 Å². The molecule has 3 aromatic rings. The fraction of sp³-hybridized carbons (Fsp3) is 0.375. The van der Waals surface area contributed by atoms with Gasteiger partial charge >= 0.3 is 6.18 Å². The molecular weight excluding hydrogens is 449 g/mol. The molecule has 1 aliphatic heterocycles. The van der Waals surface area contributed by atoms with Gasteiger partial charge in [-0.2, -0.15) is 18.3 Å². The molecule has 0 aliphatic carbocycles. The first-order chi connectivity index (χ1) is 16.1. The molecule has 1 fully saturated rings. The van der Waals surface area contributed by atoms with Crippen molar-refractivity contribution in [3.8, 4) is 16.9 Å². The summed E-state index contributed by atoms with van der Waals surface area (Å²) in [5, 5.41) is 16.6. The minimum Gasteiger partial charge on any atom is -0.508 e. The molecule has 0 bridgehead atoms. The third-order valence-corrected chi connectivity index (χ3v) is 6.22. The quantitative estimate of drug-likeness (QED) is 0.573. The summed E-state index contributed by atoms with van der Waals surface area (Å²) in [6.45, 7) is 2.41. The van der Waals surface area contributed by atoms with Crippen LogP contribution in [0.1, 0.15) is 48.7 Å². The maximum Gasteiger partial charge on any atom is 0.416 e. The zero-order chi connectivity index (χ0) is 24.5. The molecule has 3 heterocycles. The second kappa shape index (κ2) is 9.36. The molecule has 34 heavy (non-hydrogen) atoms. The number of piperidine rings is 1. The Balaban J connectivity index is 1.55. The molecule has 1 aliphatic rings. The Morgan fingerprint density at radius 3 is 2.62 bits per heavy atom. The zero-order valence-electron chi connectivity index (χ0n) is 18.6. The molecule has 7 nitrogen and oxygen atoms in total. The molecule has 0 saturated carbocycles. The molecule has 1 atom stereocenters. The van der Waals surface area contributed by atoms with Crippen LogP contribution in [0, 0.1) is 6.92 Å². The maximum absolute atomic E-state index is 13.2. The Morgan fingerprint density at radius 1 is 1.21 bits per heavy atom. The van der Waals surface area contributed by atoms with E-state index in [0.29, 0.717) is 35.5 Å². The number of hydrogen-bond acceptors (Lipinski definition) is 4. The first kappa shape index (κ1) is 23.6. The van der Waals surface area contributed by atoms with Crippen LogP contribution in [-0.4, -0.2) is 37.2 Å². The summed E-state index contributed by atoms with van der Waals surface area (Å²) in [4.78, 5) is 27.1. The average Bonchev–Trinajstić information content (AvgIpc) is 3.27. The maximum atomic E-state index is 13.2. The van der Waals surface area contributed by atoms with E-state index in [1.165, 1.54) is 22.8 Å². The Hall–Kier alpha value is -3.56. The number of halogens is 3. The summed E-state index contributed by atoms with van der Waals surface area (Å²) >= 11 is 0. The molecule has 1 aromatic carbocycles. The summed E-state index contributed by atoms with van der Waals surface area (Å²) in [5.74, 6) is -0.242. The third kappa shape index (κ3) is 4.85. The van der Waals surface area contributed by atoms with Crippen molar-refractivity contribution in [2.45, 2.75) is 51.4 Å². The minimum absolute atomic E-state index is 0.103. The van der Waals surface area contributed by atoms with Gasteiger partial charge < -0.3 is 14.6 Å². The average molecular weight is 474 g/mol. The third-order valence-electron chi connectivity index (χ3n) is 6.22. The van der Waals surface area contributed by atoms with E-state index < -0.39 is 11.7 Å². The number of carbonyl (C=O) groups is 1. The Labute approximate surface area is 193 Å². The van der Waals surface area contributed by atoms with E-state index in [1.54, 1.807) is 18.0 Å². The van der Waals surface area contributed by atoms with Crippen LogP contribution in [0.2, 0.25) is 0 Å². The van der Waals surface area contributed by atoms with Gasteiger partial charge in [-0.15, -0.1) is 0 Å². The van der Waals surface area contributed by atoms with Gasteiger partial charge in [0.25, 0.3) is 5.56 Å². The van der Waals surface area contributed by atoms with E-state index in [9.17, 15) is 27.9 Å². The topological polar surface area (TPSA) is 91.2 Å². The monoisotopic (exact) mass is 474 g/mol. The number of pyridine rings is 1. The number of hydrogen-bond donors (Lipinski definition) is 2. The van der Waals surface area contributed by atoms with Crippen molar-refractivity contribution in [2.24, 2.45) is 0 Å². The number of carbonyl (C=O) groups excluding carboxylic acids is 1. The van der Waals surface area contributed by atoms with Gasteiger partial charge in [-0.05, 0) is 49.9 Å². The number of aromatic hydroxyl groups is 1. The highest BCUT2D eigenvalue weighted by atomic mass is 19.4. The Morgan fingerprint density at radius 2 is 1.94 bits per heavy atom. The lowest BCUT2D eigenvalue weighted by molar-refractivity contribution is -0.137. The van der Waals surface area contributed by atoms with E-state index >= 15 is 0 Å². The van der Waals surface area contributed by atoms with Crippen molar-refractivity contribution in [1.82, 2.24) is 19.7 Å². The predicted molar refractivity (Wildman–Crippen MR) is 119 cm³/mol. The number of nitrogens with one attached hydrogen (secondary N) is 1. The summed E-state index contributed by atoms with van der Waals surface area (Å²) in [7, 11) is 0. The largest absolute Gasteiger partial charge is 0.508 e. The number of alkyl halides is 3. The number of aromatic nitrogens is 3. The normalized spacial score (nSPS) is 16.6. The van der Waals surface area contributed by atoms with Gasteiger partial charge in [-0.25, -0.2) is 0 Å². The van der Waals surface area contributed by atoms with Crippen LogP contribution in [0.3, 0.4) is 0 Å². The summed E-state index contributed by atoms with van der Waals surface area (Å²) in [6, 6.07) is 7.18. The molecule has 180 valence electrons. The smallest absolute Gasteiger partial charge is 0.416 e.